The second-order valence-corrected chi connectivity index (χ2v) is 5.45. The minimum Gasteiger partial charge on any atom is -0.494 e. The van der Waals surface area contributed by atoms with Crippen molar-refractivity contribution in [3.8, 4) is 5.75 Å². The maximum Gasteiger partial charge on any atom is 0.271 e. The summed E-state index contributed by atoms with van der Waals surface area (Å²) in [6.45, 7) is 4.07. The predicted molar refractivity (Wildman–Crippen MR) is 83.9 cm³/mol. The van der Waals surface area contributed by atoms with Crippen LogP contribution in [0.1, 0.15) is 41.6 Å². The predicted octanol–water partition coefficient (Wildman–Crippen LogP) is 2.55. The Labute approximate surface area is 130 Å². The highest BCUT2D eigenvalue weighted by Crippen LogP contribution is 2.15. The number of aromatic nitrogens is 2. The molecule has 1 aromatic heterocycles. The highest BCUT2D eigenvalue weighted by Gasteiger charge is 2.16. The Bertz CT molecular complexity index is 623. The first kappa shape index (κ1) is 14.6. The van der Waals surface area contributed by atoms with Crippen molar-refractivity contribution in [3.05, 3.63) is 47.5 Å². The summed E-state index contributed by atoms with van der Waals surface area (Å²) in [5.41, 5.74) is 1.56. The van der Waals surface area contributed by atoms with Gasteiger partial charge in [-0.1, -0.05) is 12.1 Å². The largest absolute Gasteiger partial charge is 0.494 e. The number of rotatable bonds is 5. The molecule has 2 aromatic rings. The number of fused-ring (bicyclic) bond motifs is 1. The molecular weight excluding hydrogens is 278 g/mol. The van der Waals surface area contributed by atoms with Crippen LogP contribution >= 0.6 is 0 Å². The van der Waals surface area contributed by atoms with Crippen molar-refractivity contribution in [2.24, 2.45) is 0 Å². The van der Waals surface area contributed by atoms with Gasteiger partial charge >= 0.3 is 0 Å². The number of carbonyl (C=O) groups excluding carboxylic acids is 1. The van der Waals surface area contributed by atoms with Crippen molar-refractivity contribution in [3.63, 3.8) is 0 Å². The molecule has 1 amide bonds. The van der Waals surface area contributed by atoms with Gasteiger partial charge in [0.2, 0.25) is 0 Å². The lowest BCUT2D eigenvalue weighted by Crippen LogP contribution is -2.23. The fourth-order valence-corrected chi connectivity index (χ4v) is 2.67. The smallest absolute Gasteiger partial charge is 0.271 e. The summed E-state index contributed by atoms with van der Waals surface area (Å²) in [5.74, 6) is 1.76. The normalized spacial score (nSPS) is 13.5. The molecule has 116 valence electrons. The second-order valence-electron chi connectivity index (χ2n) is 5.45. The Balaban J connectivity index is 1.58. The number of nitrogens with one attached hydrogen (secondary N) is 1. The topological polar surface area (TPSA) is 56.1 Å². The van der Waals surface area contributed by atoms with Gasteiger partial charge in [0, 0.05) is 25.7 Å². The molecule has 0 aliphatic carbocycles. The summed E-state index contributed by atoms with van der Waals surface area (Å²) in [6, 6.07) is 7.76. The summed E-state index contributed by atoms with van der Waals surface area (Å²) < 4.78 is 7.49. The number of carbonyl (C=O) groups is 1. The SMILES string of the molecule is CCOc1ccc(CNC(=O)c2cn3c(n2)CCCC3)cc1. The molecule has 2 heterocycles. The van der Waals surface area contributed by atoms with Crippen LogP contribution in [0.2, 0.25) is 0 Å². The van der Waals surface area contributed by atoms with Crippen molar-refractivity contribution in [2.45, 2.75) is 39.3 Å². The third-order valence-corrected chi connectivity index (χ3v) is 3.83. The second kappa shape index (κ2) is 6.64. The molecule has 5 nitrogen and oxygen atoms in total. The van der Waals surface area contributed by atoms with Crippen LogP contribution < -0.4 is 10.1 Å². The lowest BCUT2D eigenvalue weighted by atomic mass is 10.2. The highest BCUT2D eigenvalue weighted by molar-refractivity contribution is 5.92. The number of hydrogen-bond donors (Lipinski definition) is 1. The van der Waals surface area contributed by atoms with Crippen LogP contribution in [0, 0.1) is 0 Å². The van der Waals surface area contributed by atoms with Gasteiger partial charge in [-0.15, -0.1) is 0 Å². The molecule has 1 aliphatic heterocycles. The fraction of sp³-hybridized carbons (Fsp3) is 0.412. The van der Waals surface area contributed by atoms with E-state index in [-0.39, 0.29) is 5.91 Å². The minimum absolute atomic E-state index is 0.115. The number of amides is 1. The lowest BCUT2D eigenvalue weighted by molar-refractivity contribution is 0.0946. The third kappa shape index (κ3) is 3.30. The average Bonchev–Trinajstić information content (AvgIpc) is 2.98. The number of imidazole rings is 1. The molecule has 1 N–H and O–H groups in total. The van der Waals surface area contributed by atoms with E-state index in [1.807, 2.05) is 37.4 Å². The molecule has 3 rings (SSSR count). The first-order valence-corrected chi connectivity index (χ1v) is 7.82. The van der Waals surface area contributed by atoms with Gasteiger partial charge in [-0.25, -0.2) is 4.98 Å². The van der Waals surface area contributed by atoms with E-state index in [4.69, 9.17) is 4.74 Å². The number of hydrogen-bond acceptors (Lipinski definition) is 3. The molecule has 5 heteroatoms. The van der Waals surface area contributed by atoms with Gasteiger partial charge in [-0.3, -0.25) is 4.79 Å². The van der Waals surface area contributed by atoms with Crippen LogP contribution in [0.4, 0.5) is 0 Å². The summed E-state index contributed by atoms with van der Waals surface area (Å²) >= 11 is 0. The van der Waals surface area contributed by atoms with E-state index in [1.54, 1.807) is 0 Å². The van der Waals surface area contributed by atoms with E-state index >= 15 is 0 Å². The summed E-state index contributed by atoms with van der Waals surface area (Å²) in [7, 11) is 0. The first-order chi connectivity index (χ1) is 10.8. The van der Waals surface area contributed by atoms with E-state index in [0.29, 0.717) is 18.8 Å². The van der Waals surface area contributed by atoms with Crippen molar-refractivity contribution >= 4 is 5.91 Å². The molecule has 22 heavy (non-hydrogen) atoms. The molecule has 0 fully saturated rings. The number of aryl methyl sites for hydroxylation is 2. The molecule has 0 unspecified atom stereocenters. The molecule has 1 aromatic carbocycles. The molecule has 0 radical (unpaired) electrons. The van der Waals surface area contributed by atoms with E-state index in [1.165, 1.54) is 0 Å². The van der Waals surface area contributed by atoms with E-state index < -0.39 is 0 Å². The minimum atomic E-state index is -0.115. The zero-order valence-electron chi connectivity index (χ0n) is 12.8. The number of nitrogens with zero attached hydrogens (tertiary/aromatic N) is 2. The maximum absolute atomic E-state index is 12.2. The number of ether oxygens (including phenoxy) is 1. The van der Waals surface area contributed by atoms with Gasteiger partial charge in [0.1, 0.15) is 17.3 Å². The molecule has 0 saturated carbocycles. The van der Waals surface area contributed by atoms with Crippen molar-refractivity contribution in [1.29, 1.82) is 0 Å². The molecule has 1 aliphatic rings. The lowest BCUT2D eigenvalue weighted by Gasteiger charge is -2.11. The van der Waals surface area contributed by atoms with Gasteiger partial charge in [0.05, 0.1) is 6.61 Å². The number of benzene rings is 1. The molecule has 0 bridgehead atoms. The van der Waals surface area contributed by atoms with Crippen LogP contribution in [0.3, 0.4) is 0 Å². The summed E-state index contributed by atoms with van der Waals surface area (Å²) in [4.78, 5) is 16.6. The molecule has 0 atom stereocenters. The Morgan fingerprint density at radius 1 is 1.32 bits per heavy atom. The Hall–Kier alpha value is -2.30. The first-order valence-electron chi connectivity index (χ1n) is 7.82. The Morgan fingerprint density at radius 2 is 2.14 bits per heavy atom. The molecule has 0 saturated heterocycles. The molecule has 0 spiro atoms. The van der Waals surface area contributed by atoms with Crippen molar-refractivity contribution < 1.29 is 9.53 Å². The van der Waals surface area contributed by atoms with Gasteiger partial charge in [-0.05, 0) is 37.5 Å². The van der Waals surface area contributed by atoms with Crippen LogP contribution in [0.5, 0.6) is 5.75 Å². The monoisotopic (exact) mass is 299 g/mol. The van der Waals surface area contributed by atoms with Crippen molar-refractivity contribution in [1.82, 2.24) is 14.9 Å². The van der Waals surface area contributed by atoms with Gasteiger partial charge in [0.15, 0.2) is 0 Å². The zero-order chi connectivity index (χ0) is 15.4. The van der Waals surface area contributed by atoms with Crippen LogP contribution in [-0.4, -0.2) is 22.1 Å². The van der Waals surface area contributed by atoms with Gasteiger partial charge < -0.3 is 14.6 Å². The van der Waals surface area contributed by atoms with Crippen LogP contribution in [0.15, 0.2) is 30.5 Å². The van der Waals surface area contributed by atoms with Crippen LogP contribution in [-0.2, 0) is 19.5 Å². The zero-order valence-corrected chi connectivity index (χ0v) is 12.8. The van der Waals surface area contributed by atoms with Gasteiger partial charge in [0.25, 0.3) is 5.91 Å². The quantitative estimate of drug-likeness (QED) is 0.923. The summed E-state index contributed by atoms with van der Waals surface area (Å²) in [6.07, 6.45) is 5.15. The average molecular weight is 299 g/mol. The van der Waals surface area contributed by atoms with Crippen molar-refractivity contribution in [2.75, 3.05) is 6.61 Å². The van der Waals surface area contributed by atoms with Gasteiger partial charge in [-0.2, -0.15) is 0 Å². The Kier molecular flexibility index (Phi) is 4.42. The third-order valence-electron chi connectivity index (χ3n) is 3.83. The molecular formula is C17H21N3O2. The fourth-order valence-electron chi connectivity index (χ4n) is 2.67. The van der Waals surface area contributed by atoms with E-state index in [2.05, 4.69) is 14.9 Å². The van der Waals surface area contributed by atoms with E-state index in [0.717, 1.165) is 42.9 Å². The van der Waals surface area contributed by atoms with Crippen LogP contribution in [0.25, 0.3) is 0 Å². The maximum atomic E-state index is 12.2. The standard InChI is InChI=1S/C17H21N3O2/c1-2-22-14-8-6-13(7-9-14)11-18-17(21)15-12-20-10-4-3-5-16(20)19-15/h6-9,12H,2-5,10-11H2,1H3,(H,18,21). The van der Waals surface area contributed by atoms with E-state index in [9.17, 15) is 4.79 Å². The summed E-state index contributed by atoms with van der Waals surface area (Å²) in [5, 5.41) is 2.92. The Morgan fingerprint density at radius 3 is 2.86 bits per heavy atom. The highest BCUT2D eigenvalue weighted by atomic mass is 16.5.